The van der Waals surface area contributed by atoms with Crippen LogP contribution in [0.4, 0.5) is 5.69 Å². The maximum atomic E-state index is 5.68. The van der Waals surface area contributed by atoms with Crippen molar-refractivity contribution in [2.24, 2.45) is 0 Å². The van der Waals surface area contributed by atoms with E-state index in [2.05, 4.69) is 54.0 Å². The molecule has 3 rings (SSSR count). The molecule has 0 bridgehead atoms. The molecule has 3 nitrogen and oxygen atoms in total. The Hall–Kier alpha value is -2.85. The van der Waals surface area contributed by atoms with E-state index >= 15 is 0 Å². The van der Waals surface area contributed by atoms with Crippen LogP contribution >= 0.6 is 12.2 Å². The van der Waals surface area contributed by atoms with E-state index in [9.17, 15) is 0 Å². The molecule has 0 heterocycles. The Bertz CT molecular complexity index is 896. The van der Waals surface area contributed by atoms with E-state index in [0.29, 0.717) is 11.7 Å². The summed E-state index contributed by atoms with van der Waals surface area (Å²) < 4.78 is 5.68. The topological polar surface area (TPSA) is 33.3 Å². The Morgan fingerprint density at radius 2 is 1.63 bits per heavy atom. The van der Waals surface area contributed by atoms with E-state index in [1.165, 1.54) is 11.1 Å². The van der Waals surface area contributed by atoms with Crippen molar-refractivity contribution in [1.29, 1.82) is 0 Å². The van der Waals surface area contributed by atoms with Crippen LogP contribution in [0.5, 0.6) is 5.75 Å². The number of hydrogen-bond donors (Lipinski definition) is 2. The molecule has 27 heavy (non-hydrogen) atoms. The summed E-state index contributed by atoms with van der Waals surface area (Å²) in [6.45, 7) is 4.67. The largest absolute Gasteiger partial charge is 0.492 e. The van der Waals surface area contributed by atoms with Crippen LogP contribution in [0.15, 0.2) is 78.9 Å². The molecule has 0 aliphatic heterocycles. The zero-order valence-corrected chi connectivity index (χ0v) is 16.4. The van der Waals surface area contributed by atoms with E-state index in [-0.39, 0.29) is 6.04 Å². The van der Waals surface area contributed by atoms with E-state index in [1.807, 2.05) is 49.4 Å². The summed E-state index contributed by atoms with van der Waals surface area (Å²) in [6, 6.07) is 26.6. The highest BCUT2D eigenvalue weighted by Crippen LogP contribution is 2.26. The molecular weight excluding hydrogens is 352 g/mol. The van der Waals surface area contributed by atoms with Crippen LogP contribution in [0.25, 0.3) is 0 Å². The van der Waals surface area contributed by atoms with Crippen LogP contribution in [0, 0.1) is 6.92 Å². The lowest BCUT2D eigenvalue weighted by Crippen LogP contribution is -2.33. The number of aryl methyl sites for hydroxylation is 1. The van der Waals surface area contributed by atoms with Crippen LogP contribution in [-0.2, 0) is 0 Å². The van der Waals surface area contributed by atoms with Gasteiger partial charge in [-0.3, -0.25) is 0 Å². The maximum Gasteiger partial charge on any atom is 0.171 e. The van der Waals surface area contributed by atoms with Crippen LogP contribution in [-0.4, -0.2) is 11.7 Å². The van der Waals surface area contributed by atoms with Gasteiger partial charge in [-0.2, -0.15) is 0 Å². The highest BCUT2D eigenvalue weighted by molar-refractivity contribution is 7.80. The van der Waals surface area contributed by atoms with Gasteiger partial charge in [-0.05, 0) is 49.3 Å². The van der Waals surface area contributed by atoms with Gasteiger partial charge in [0.05, 0.1) is 18.3 Å². The fraction of sp³-hybridized carbons (Fsp3) is 0.174. The first-order valence-electron chi connectivity index (χ1n) is 9.08. The quantitative estimate of drug-likeness (QED) is 0.559. The zero-order valence-electron chi connectivity index (χ0n) is 15.6. The van der Waals surface area contributed by atoms with Gasteiger partial charge >= 0.3 is 0 Å². The number of ether oxygens (including phenoxy) is 1. The first kappa shape index (κ1) is 18.9. The van der Waals surface area contributed by atoms with Gasteiger partial charge in [0, 0.05) is 0 Å². The van der Waals surface area contributed by atoms with Crippen molar-refractivity contribution in [3.05, 3.63) is 95.6 Å². The van der Waals surface area contributed by atoms with Gasteiger partial charge in [0.1, 0.15) is 5.75 Å². The maximum absolute atomic E-state index is 5.68. The fourth-order valence-corrected chi connectivity index (χ4v) is 3.22. The summed E-state index contributed by atoms with van der Waals surface area (Å²) in [4.78, 5) is 0. The standard InChI is InChI=1S/C23H24N2OS/c1-3-26-21-15-8-7-14-20(21)24-23(27)25-22(18-11-5-4-6-12-18)19-13-9-10-17(2)16-19/h4-16,22H,3H2,1-2H3,(H2,24,25,27). The van der Waals surface area contributed by atoms with Crippen LogP contribution in [0.3, 0.4) is 0 Å². The molecule has 0 aliphatic carbocycles. The van der Waals surface area contributed by atoms with Crippen molar-refractivity contribution in [2.75, 3.05) is 11.9 Å². The summed E-state index contributed by atoms with van der Waals surface area (Å²) in [7, 11) is 0. The van der Waals surface area contributed by atoms with Crippen molar-refractivity contribution in [2.45, 2.75) is 19.9 Å². The molecule has 0 aliphatic rings. The van der Waals surface area contributed by atoms with Gasteiger partial charge in [0.2, 0.25) is 0 Å². The Morgan fingerprint density at radius 1 is 0.926 bits per heavy atom. The molecule has 1 atom stereocenters. The third kappa shape index (κ3) is 5.08. The number of thiocarbonyl (C=S) groups is 1. The van der Waals surface area contributed by atoms with E-state index in [1.54, 1.807) is 0 Å². The normalized spacial score (nSPS) is 11.5. The average Bonchev–Trinajstić information content (AvgIpc) is 2.68. The van der Waals surface area contributed by atoms with Gasteiger partial charge in [-0.1, -0.05) is 72.3 Å². The lowest BCUT2D eigenvalue weighted by Gasteiger charge is -2.23. The number of para-hydroxylation sites is 2. The SMILES string of the molecule is CCOc1ccccc1NC(=S)NC(c1ccccc1)c1cccc(C)c1. The van der Waals surface area contributed by atoms with Crippen molar-refractivity contribution < 1.29 is 4.74 Å². The Balaban J connectivity index is 1.83. The molecular formula is C23H24N2OS. The second kappa shape index (κ2) is 9.19. The fourth-order valence-electron chi connectivity index (χ4n) is 3.00. The lowest BCUT2D eigenvalue weighted by atomic mass is 9.97. The summed E-state index contributed by atoms with van der Waals surface area (Å²) in [6.07, 6.45) is 0. The Morgan fingerprint density at radius 3 is 2.37 bits per heavy atom. The van der Waals surface area contributed by atoms with Crippen LogP contribution < -0.4 is 15.4 Å². The number of rotatable bonds is 6. The third-order valence-corrected chi connectivity index (χ3v) is 4.44. The van der Waals surface area contributed by atoms with Crippen LogP contribution in [0.2, 0.25) is 0 Å². The first-order valence-corrected chi connectivity index (χ1v) is 9.49. The molecule has 4 heteroatoms. The molecule has 0 saturated carbocycles. The van der Waals surface area contributed by atoms with E-state index in [4.69, 9.17) is 17.0 Å². The summed E-state index contributed by atoms with van der Waals surface area (Å²) >= 11 is 5.61. The second-order valence-electron chi connectivity index (χ2n) is 6.29. The van der Waals surface area contributed by atoms with Crippen molar-refractivity contribution in [1.82, 2.24) is 5.32 Å². The number of anilines is 1. The predicted octanol–water partition coefficient (Wildman–Crippen LogP) is 5.47. The lowest BCUT2D eigenvalue weighted by molar-refractivity contribution is 0.342. The highest BCUT2D eigenvalue weighted by atomic mass is 32.1. The van der Waals surface area contributed by atoms with Gasteiger partial charge in [-0.15, -0.1) is 0 Å². The van der Waals surface area contributed by atoms with Gasteiger partial charge in [-0.25, -0.2) is 0 Å². The first-order chi connectivity index (χ1) is 13.2. The molecule has 2 N–H and O–H groups in total. The van der Waals surface area contributed by atoms with Gasteiger partial charge in [0.25, 0.3) is 0 Å². The van der Waals surface area contributed by atoms with Gasteiger partial charge in [0.15, 0.2) is 5.11 Å². The molecule has 0 saturated heterocycles. The molecule has 1 unspecified atom stereocenters. The molecule has 0 aromatic heterocycles. The summed E-state index contributed by atoms with van der Waals surface area (Å²) in [5.74, 6) is 0.788. The monoisotopic (exact) mass is 376 g/mol. The molecule has 0 radical (unpaired) electrons. The minimum absolute atomic E-state index is 0.0367. The summed E-state index contributed by atoms with van der Waals surface area (Å²) in [5, 5.41) is 7.29. The Kier molecular flexibility index (Phi) is 6.44. The minimum atomic E-state index is -0.0367. The minimum Gasteiger partial charge on any atom is -0.492 e. The molecule has 3 aromatic carbocycles. The predicted molar refractivity (Wildman–Crippen MR) is 116 cm³/mol. The molecule has 0 amide bonds. The van der Waals surface area contributed by atoms with E-state index < -0.39 is 0 Å². The van der Waals surface area contributed by atoms with Crippen molar-refractivity contribution in [3.63, 3.8) is 0 Å². The van der Waals surface area contributed by atoms with Crippen LogP contribution in [0.1, 0.15) is 29.7 Å². The number of benzene rings is 3. The van der Waals surface area contributed by atoms with Gasteiger partial charge < -0.3 is 15.4 Å². The molecule has 138 valence electrons. The highest BCUT2D eigenvalue weighted by Gasteiger charge is 2.16. The Labute approximate surface area is 166 Å². The van der Waals surface area contributed by atoms with Crippen molar-refractivity contribution >= 4 is 23.0 Å². The van der Waals surface area contributed by atoms with E-state index in [0.717, 1.165) is 17.0 Å². The smallest absolute Gasteiger partial charge is 0.171 e. The average molecular weight is 377 g/mol. The second-order valence-corrected chi connectivity index (χ2v) is 6.69. The zero-order chi connectivity index (χ0) is 19.1. The molecule has 3 aromatic rings. The van der Waals surface area contributed by atoms with Crippen molar-refractivity contribution in [3.8, 4) is 5.75 Å². The number of nitrogens with one attached hydrogen (secondary N) is 2. The number of hydrogen-bond acceptors (Lipinski definition) is 2. The summed E-state index contributed by atoms with van der Waals surface area (Å²) in [5.41, 5.74) is 4.40. The molecule has 0 fully saturated rings. The molecule has 0 spiro atoms. The third-order valence-electron chi connectivity index (χ3n) is 4.22.